The van der Waals surface area contributed by atoms with Crippen LogP contribution in [0.1, 0.15) is 18.0 Å². The van der Waals surface area contributed by atoms with Gasteiger partial charge in [0.2, 0.25) is 5.91 Å². The lowest BCUT2D eigenvalue weighted by Crippen LogP contribution is -2.44. The van der Waals surface area contributed by atoms with Crippen molar-refractivity contribution in [3.8, 4) is 5.75 Å². The molecule has 0 spiro atoms. The Hall–Kier alpha value is -4.15. The summed E-state index contributed by atoms with van der Waals surface area (Å²) < 4.78 is 5.75. The zero-order valence-corrected chi connectivity index (χ0v) is 21.8. The van der Waals surface area contributed by atoms with Crippen LogP contribution in [0.25, 0.3) is 0 Å². The molecule has 10 nitrogen and oxygen atoms in total. The summed E-state index contributed by atoms with van der Waals surface area (Å²) >= 11 is 0. The molecule has 0 radical (unpaired) electrons. The number of rotatable bonds is 8. The van der Waals surface area contributed by atoms with Gasteiger partial charge in [0.25, 0.3) is 0 Å². The third-order valence-corrected chi connectivity index (χ3v) is 6.84. The molecule has 0 saturated carbocycles. The Morgan fingerprint density at radius 1 is 1.11 bits per heavy atom. The highest BCUT2D eigenvalue weighted by atomic mass is 16.7. The van der Waals surface area contributed by atoms with Crippen LogP contribution < -0.4 is 25.3 Å². The van der Waals surface area contributed by atoms with E-state index in [0.717, 1.165) is 38.3 Å². The largest absolute Gasteiger partial charge is 0.494 e. The van der Waals surface area contributed by atoms with E-state index in [1.54, 1.807) is 7.11 Å². The van der Waals surface area contributed by atoms with Gasteiger partial charge in [0.1, 0.15) is 17.9 Å². The fourth-order valence-electron chi connectivity index (χ4n) is 4.78. The molecule has 0 bridgehead atoms. The van der Waals surface area contributed by atoms with Gasteiger partial charge in [-0.3, -0.25) is 9.63 Å². The van der Waals surface area contributed by atoms with Crippen molar-refractivity contribution in [1.82, 2.24) is 14.9 Å². The zero-order valence-electron chi connectivity index (χ0n) is 21.8. The number of hydroxylamine groups is 1. The van der Waals surface area contributed by atoms with Gasteiger partial charge in [-0.2, -0.15) is 0 Å². The fraction of sp³-hybridized carbons (Fsp3) is 0.321. The maximum absolute atomic E-state index is 12.3. The molecule has 2 aromatic carbocycles. The topological polar surface area (TPSA) is 95.1 Å². The fourth-order valence-corrected chi connectivity index (χ4v) is 4.78. The Morgan fingerprint density at radius 2 is 1.89 bits per heavy atom. The molecular formula is C28H33N7O3. The number of hydrogen-bond acceptors (Lipinski definition) is 9. The predicted octanol–water partition coefficient (Wildman–Crippen LogP) is 3.99. The van der Waals surface area contributed by atoms with Crippen LogP contribution in [-0.4, -0.2) is 67.7 Å². The summed E-state index contributed by atoms with van der Waals surface area (Å²) in [6.07, 6.45) is 3.64. The SMILES string of the molecule is C=CC(=O)Nc1cc(Nc2cc(N3OCC[C@H]3c3ccccc3)ncn2)c(OC)cc1N1CCN(C)CC1. The second kappa shape index (κ2) is 11.5. The molecule has 3 heterocycles. The lowest BCUT2D eigenvalue weighted by molar-refractivity contribution is -0.111. The van der Waals surface area contributed by atoms with E-state index < -0.39 is 0 Å². The van der Waals surface area contributed by atoms with E-state index in [1.165, 1.54) is 18.0 Å². The molecule has 3 aromatic rings. The molecule has 2 aliphatic heterocycles. The minimum absolute atomic E-state index is 0.0667. The molecular weight excluding hydrogens is 482 g/mol. The van der Waals surface area contributed by atoms with E-state index in [1.807, 2.05) is 41.5 Å². The molecule has 0 aliphatic carbocycles. The average molecular weight is 516 g/mol. The summed E-state index contributed by atoms with van der Waals surface area (Å²) in [4.78, 5) is 31.7. The number of carbonyl (C=O) groups excluding carboxylic acids is 1. The van der Waals surface area contributed by atoms with Crippen LogP contribution in [0, 0.1) is 0 Å². The van der Waals surface area contributed by atoms with E-state index >= 15 is 0 Å². The second-order valence-corrected chi connectivity index (χ2v) is 9.31. The third-order valence-electron chi connectivity index (χ3n) is 6.84. The minimum atomic E-state index is -0.279. The minimum Gasteiger partial charge on any atom is -0.494 e. The smallest absolute Gasteiger partial charge is 0.247 e. The molecule has 2 fully saturated rings. The van der Waals surface area contributed by atoms with Gasteiger partial charge in [0.15, 0.2) is 5.82 Å². The quantitative estimate of drug-likeness (QED) is 0.432. The molecule has 0 unspecified atom stereocenters. The Balaban J connectivity index is 1.44. The van der Waals surface area contributed by atoms with Crippen LogP contribution in [0.2, 0.25) is 0 Å². The first-order valence-corrected chi connectivity index (χ1v) is 12.7. The Kier molecular flexibility index (Phi) is 7.71. The van der Waals surface area contributed by atoms with Crippen LogP contribution in [0.4, 0.5) is 28.7 Å². The average Bonchev–Trinajstić information content (AvgIpc) is 3.45. The monoisotopic (exact) mass is 515 g/mol. The van der Waals surface area contributed by atoms with Gasteiger partial charge in [0, 0.05) is 44.7 Å². The first kappa shape index (κ1) is 25.5. The molecule has 2 N–H and O–H groups in total. The second-order valence-electron chi connectivity index (χ2n) is 9.31. The van der Waals surface area contributed by atoms with Crippen molar-refractivity contribution < 1.29 is 14.4 Å². The molecule has 2 aliphatic rings. The van der Waals surface area contributed by atoms with Crippen molar-refractivity contribution in [3.63, 3.8) is 0 Å². The maximum Gasteiger partial charge on any atom is 0.247 e. The van der Waals surface area contributed by atoms with E-state index in [-0.39, 0.29) is 11.9 Å². The zero-order chi connectivity index (χ0) is 26.5. The highest BCUT2D eigenvalue weighted by Gasteiger charge is 2.29. The Labute approximate surface area is 222 Å². The van der Waals surface area contributed by atoms with Gasteiger partial charge in [-0.05, 0) is 24.8 Å². The number of nitrogens with one attached hydrogen (secondary N) is 2. The molecule has 10 heteroatoms. The summed E-state index contributed by atoms with van der Waals surface area (Å²) in [5.41, 5.74) is 3.40. The number of ether oxygens (including phenoxy) is 1. The number of likely N-dealkylation sites (N-methyl/N-ethyl adjacent to an activating group) is 1. The highest BCUT2D eigenvalue weighted by Crippen LogP contribution is 2.39. The number of aromatic nitrogens is 2. The molecule has 198 valence electrons. The number of carbonyl (C=O) groups is 1. The number of nitrogens with zero attached hydrogens (tertiary/aromatic N) is 5. The van der Waals surface area contributed by atoms with Crippen LogP contribution in [-0.2, 0) is 9.63 Å². The summed E-state index contributed by atoms with van der Waals surface area (Å²) in [5.74, 6) is 1.58. The van der Waals surface area contributed by atoms with Gasteiger partial charge < -0.3 is 25.2 Å². The predicted molar refractivity (Wildman–Crippen MR) is 149 cm³/mol. The summed E-state index contributed by atoms with van der Waals surface area (Å²) in [6.45, 7) is 7.77. The van der Waals surface area contributed by atoms with Gasteiger partial charge in [0.05, 0.1) is 36.8 Å². The number of anilines is 5. The normalized spacial score (nSPS) is 17.8. The van der Waals surface area contributed by atoms with Crippen molar-refractivity contribution in [1.29, 1.82) is 0 Å². The van der Waals surface area contributed by atoms with E-state index in [4.69, 9.17) is 9.57 Å². The number of amides is 1. The summed E-state index contributed by atoms with van der Waals surface area (Å²) in [6, 6.07) is 16.0. The van der Waals surface area contributed by atoms with Gasteiger partial charge in [-0.15, -0.1) is 0 Å². The highest BCUT2D eigenvalue weighted by molar-refractivity contribution is 6.02. The molecule has 5 rings (SSSR count). The lowest BCUT2D eigenvalue weighted by Gasteiger charge is -2.35. The van der Waals surface area contributed by atoms with Crippen molar-refractivity contribution in [3.05, 3.63) is 73.1 Å². The first-order valence-electron chi connectivity index (χ1n) is 12.7. The van der Waals surface area contributed by atoms with Crippen LogP contribution in [0.5, 0.6) is 5.75 Å². The van der Waals surface area contributed by atoms with Crippen molar-refractivity contribution in [2.45, 2.75) is 12.5 Å². The van der Waals surface area contributed by atoms with Crippen molar-refractivity contribution in [2.24, 2.45) is 0 Å². The van der Waals surface area contributed by atoms with Crippen LogP contribution in [0.15, 0.2) is 67.5 Å². The van der Waals surface area contributed by atoms with Gasteiger partial charge in [-0.1, -0.05) is 36.9 Å². The molecule has 38 heavy (non-hydrogen) atoms. The molecule has 2 saturated heterocycles. The molecule has 1 aromatic heterocycles. The van der Waals surface area contributed by atoms with Crippen molar-refractivity contribution >= 4 is 34.6 Å². The summed E-state index contributed by atoms with van der Waals surface area (Å²) in [7, 11) is 3.74. The first-order chi connectivity index (χ1) is 18.6. The number of methoxy groups -OCH3 is 1. The van der Waals surface area contributed by atoms with Crippen molar-refractivity contribution in [2.75, 3.05) is 67.5 Å². The molecule has 1 amide bonds. The third kappa shape index (κ3) is 5.56. The van der Waals surface area contributed by atoms with Crippen LogP contribution >= 0.6 is 0 Å². The lowest BCUT2D eigenvalue weighted by atomic mass is 10.0. The number of hydrogen-bond donors (Lipinski definition) is 2. The summed E-state index contributed by atoms with van der Waals surface area (Å²) in [5, 5.41) is 8.15. The Morgan fingerprint density at radius 3 is 2.63 bits per heavy atom. The van der Waals surface area contributed by atoms with Gasteiger partial charge in [-0.25, -0.2) is 15.0 Å². The van der Waals surface area contributed by atoms with Crippen LogP contribution in [0.3, 0.4) is 0 Å². The van der Waals surface area contributed by atoms with Gasteiger partial charge >= 0.3 is 0 Å². The number of benzene rings is 2. The molecule has 1 atom stereocenters. The van der Waals surface area contributed by atoms with E-state index in [2.05, 4.69) is 56.2 Å². The maximum atomic E-state index is 12.3. The van der Waals surface area contributed by atoms with E-state index in [0.29, 0.717) is 35.4 Å². The standard InChI is InChI=1S/C28H33N7O3/c1-4-28(36)32-21-16-22(25(37-3)17-24(21)34-13-11-33(2)12-14-34)31-26-18-27(30-19-29-26)35-23(10-15-38-35)20-8-6-5-7-9-20/h4-9,16-19,23H,1,10-15H2,2-3H3,(H,32,36)(H,29,30,31)/t23-/m0/s1. The Bertz CT molecular complexity index is 1280. The number of piperazine rings is 1. The van der Waals surface area contributed by atoms with E-state index in [9.17, 15) is 4.79 Å².